The Morgan fingerprint density at radius 2 is 2.00 bits per heavy atom. The SMILES string of the molecule is CC1(C)C2C(=O)N(Cc3cc4c(-c5cc(C(=O)O)cc6ccn(CC7CNCCO7)c56)ncnn4c3)C(=O)C21. The molecule has 2 N–H and O–H groups in total. The molecule has 0 spiro atoms. The molecule has 2 saturated heterocycles. The van der Waals surface area contributed by atoms with Crippen LogP contribution in [0.4, 0.5) is 0 Å². The van der Waals surface area contributed by atoms with Crippen LogP contribution >= 0.6 is 0 Å². The van der Waals surface area contributed by atoms with Crippen molar-refractivity contribution in [3.05, 3.63) is 54.1 Å². The van der Waals surface area contributed by atoms with E-state index in [4.69, 9.17) is 4.74 Å². The Hall–Kier alpha value is -4.09. The lowest BCUT2D eigenvalue weighted by Gasteiger charge is -2.24. The van der Waals surface area contributed by atoms with Crippen molar-refractivity contribution in [1.82, 2.24) is 29.4 Å². The van der Waals surface area contributed by atoms with Crippen LogP contribution in [0.3, 0.4) is 0 Å². The molecule has 11 nitrogen and oxygen atoms in total. The van der Waals surface area contributed by atoms with Crippen LogP contribution in [0.1, 0.15) is 29.8 Å². The normalized spacial score (nSPS) is 24.1. The largest absolute Gasteiger partial charge is 0.478 e. The molecule has 2 aliphatic heterocycles. The number of ether oxygens (including phenoxy) is 1. The van der Waals surface area contributed by atoms with Crippen LogP contribution in [-0.2, 0) is 27.4 Å². The molecule has 3 unspecified atom stereocenters. The Labute approximate surface area is 223 Å². The lowest BCUT2D eigenvalue weighted by Crippen LogP contribution is -2.40. The number of hydrogen-bond donors (Lipinski definition) is 2. The van der Waals surface area contributed by atoms with Crippen molar-refractivity contribution in [2.24, 2.45) is 17.3 Å². The zero-order valence-electron chi connectivity index (χ0n) is 21.6. The molecule has 4 aromatic rings. The number of hydrogen-bond acceptors (Lipinski definition) is 7. The topological polar surface area (TPSA) is 131 Å². The van der Waals surface area contributed by atoms with Crippen LogP contribution in [0.2, 0.25) is 0 Å². The highest BCUT2D eigenvalue weighted by atomic mass is 16.5. The van der Waals surface area contributed by atoms with Crippen molar-refractivity contribution in [2.45, 2.75) is 33.0 Å². The van der Waals surface area contributed by atoms with E-state index in [0.717, 1.165) is 29.6 Å². The Morgan fingerprint density at radius 1 is 1.21 bits per heavy atom. The van der Waals surface area contributed by atoms with Crippen LogP contribution in [0, 0.1) is 17.3 Å². The minimum absolute atomic E-state index is 0.0154. The van der Waals surface area contributed by atoms with E-state index in [1.165, 1.54) is 11.2 Å². The Morgan fingerprint density at radius 3 is 2.72 bits per heavy atom. The zero-order chi connectivity index (χ0) is 27.1. The molecule has 3 aliphatic rings. The number of aromatic nitrogens is 4. The van der Waals surface area contributed by atoms with E-state index < -0.39 is 5.97 Å². The summed E-state index contributed by atoms with van der Waals surface area (Å²) in [6.07, 6.45) is 5.14. The first kappa shape index (κ1) is 24.0. The predicted molar refractivity (Wildman–Crippen MR) is 140 cm³/mol. The second-order valence-electron chi connectivity index (χ2n) is 11.3. The van der Waals surface area contributed by atoms with Gasteiger partial charge in [-0.25, -0.2) is 14.3 Å². The van der Waals surface area contributed by atoms with E-state index in [2.05, 4.69) is 20.0 Å². The molecule has 3 fully saturated rings. The number of likely N-dealkylation sites (tertiary alicyclic amines) is 1. The summed E-state index contributed by atoms with van der Waals surface area (Å²) in [5.74, 6) is -1.74. The van der Waals surface area contributed by atoms with E-state index in [1.54, 1.807) is 22.8 Å². The number of carboxylic acid groups (broad SMARTS) is 1. The Kier molecular flexibility index (Phi) is 5.20. The van der Waals surface area contributed by atoms with Gasteiger partial charge in [-0.05, 0) is 35.2 Å². The minimum atomic E-state index is -1.03. The molecule has 0 bridgehead atoms. The summed E-state index contributed by atoms with van der Waals surface area (Å²) >= 11 is 0. The number of carboxylic acids is 1. The molecule has 1 aromatic carbocycles. The van der Waals surface area contributed by atoms with Gasteiger partial charge in [0.25, 0.3) is 0 Å². The maximum atomic E-state index is 12.9. The van der Waals surface area contributed by atoms with Crippen LogP contribution in [0.15, 0.2) is 43.0 Å². The minimum Gasteiger partial charge on any atom is -0.478 e. The molecular weight excluding hydrogens is 500 g/mol. The number of piperidine rings is 1. The van der Waals surface area contributed by atoms with Gasteiger partial charge in [-0.3, -0.25) is 14.5 Å². The maximum absolute atomic E-state index is 12.9. The van der Waals surface area contributed by atoms with Gasteiger partial charge in [0, 0.05) is 36.4 Å². The summed E-state index contributed by atoms with van der Waals surface area (Å²) in [4.78, 5) is 43.7. The van der Waals surface area contributed by atoms with Crippen LogP contribution in [0.5, 0.6) is 0 Å². The number of fused-ring (bicyclic) bond motifs is 3. The van der Waals surface area contributed by atoms with Crippen LogP contribution in [-0.4, -0.2) is 72.8 Å². The van der Waals surface area contributed by atoms with Gasteiger partial charge in [0.05, 0.1) is 59.9 Å². The molecule has 2 amide bonds. The Bertz CT molecular complexity index is 1660. The summed E-state index contributed by atoms with van der Waals surface area (Å²) in [6.45, 7) is 6.87. The van der Waals surface area contributed by atoms with Crippen molar-refractivity contribution in [2.75, 3.05) is 19.7 Å². The zero-order valence-corrected chi connectivity index (χ0v) is 21.6. The number of amides is 2. The summed E-state index contributed by atoms with van der Waals surface area (Å²) in [6, 6.07) is 7.07. The van der Waals surface area contributed by atoms with E-state index >= 15 is 0 Å². The monoisotopic (exact) mass is 528 g/mol. The van der Waals surface area contributed by atoms with Crippen molar-refractivity contribution >= 4 is 34.2 Å². The predicted octanol–water partition coefficient (Wildman–Crippen LogP) is 2.18. The van der Waals surface area contributed by atoms with Gasteiger partial charge in [-0.1, -0.05) is 13.8 Å². The summed E-state index contributed by atoms with van der Waals surface area (Å²) in [5.41, 5.74) is 3.38. The van der Waals surface area contributed by atoms with Crippen LogP contribution in [0.25, 0.3) is 27.7 Å². The first-order valence-electron chi connectivity index (χ1n) is 13.1. The van der Waals surface area contributed by atoms with Crippen molar-refractivity contribution in [3.63, 3.8) is 0 Å². The molecule has 200 valence electrons. The number of nitrogens with zero attached hydrogens (tertiary/aromatic N) is 5. The molecule has 11 heteroatoms. The van der Waals surface area contributed by atoms with Crippen molar-refractivity contribution in [3.8, 4) is 11.3 Å². The number of aromatic carboxylic acids is 1. The fourth-order valence-corrected chi connectivity index (χ4v) is 6.38. The van der Waals surface area contributed by atoms with Crippen molar-refractivity contribution < 1.29 is 24.2 Å². The third kappa shape index (κ3) is 3.68. The lowest BCUT2D eigenvalue weighted by molar-refractivity contribution is -0.143. The fraction of sp³-hybridized carbons (Fsp3) is 0.393. The van der Waals surface area contributed by atoms with Gasteiger partial charge in [-0.2, -0.15) is 5.10 Å². The average Bonchev–Trinajstić information content (AvgIpc) is 3.27. The molecule has 5 heterocycles. The summed E-state index contributed by atoms with van der Waals surface area (Å²) < 4.78 is 9.65. The number of carbonyl (C=O) groups is 3. The van der Waals surface area contributed by atoms with E-state index in [1.807, 2.05) is 32.2 Å². The molecule has 7 rings (SSSR count). The number of benzene rings is 1. The molecule has 39 heavy (non-hydrogen) atoms. The highest BCUT2D eigenvalue weighted by molar-refractivity contribution is 6.10. The second kappa shape index (κ2) is 8.45. The Balaban J connectivity index is 1.30. The number of imide groups is 1. The number of morpholine rings is 1. The third-order valence-corrected chi connectivity index (χ3v) is 8.46. The quantitative estimate of drug-likeness (QED) is 0.364. The van der Waals surface area contributed by atoms with E-state index in [9.17, 15) is 19.5 Å². The highest BCUT2D eigenvalue weighted by Crippen LogP contribution is 2.63. The van der Waals surface area contributed by atoms with Gasteiger partial charge in [0.15, 0.2) is 0 Å². The molecule has 3 atom stereocenters. The second-order valence-corrected chi connectivity index (χ2v) is 11.3. The first-order chi connectivity index (χ1) is 18.7. The third-order valence-electron chi connectivity index (χ3n) is 8.46. The molecule has 1 aliphatic carbocycles. The van der Waals surface area contributed by atoms with E-state index in [0.29, 0.717) is 29.9 Å². The van der Waals surface area contributed by atoms with Gasteiger partial charge in [0.1, 0.15) is 6.33 Å². The maximum Gasteiger partial charge on any atom is 0.335 e. The highest BCUT2D eigenvalue weighted by Gasteiger charge is 2.72. The van der Waals surface area contributed by atoms with Gasteiger partial charge < -0.3 is 19.7 Å². The lowest BCUT2D eigenvalue weighted by atomic mass is 10.0. The van der Waals surface area contributed by atoms with E-state index in [-0.39, 0.29) is 47.3 Å². The molecule has 1 saturated carbocycles. The first-order valence-corrected chi connectivity index (χ1v) is 13.1. The van der Waals surface area contributed by atoms with Crippen molar-refractivity contribution in [1.29, 1.82) is 0 Å². The average molecular weight is 529 g/mol. The van der Waals surface area contributed by atoms with Gasteiger partial charge >= 0.3 is 5.97 Å². The molecule has 3 aromatic heterocycles. The summed E-state index contributed by atoms with van der Waals surface area (Å²) in [5, 5.41) is 18.3. The fourth-order valence-electron chi connectivity index (χ4n) is 6.38. The number of nitrogens with one attached hydrogen (secondary N) is 1. The van der Waals surface area contributed by atoms with Gasteiger partial charge in [0.2, 0.25) is 11.8 Å². The molecular formula is C28H28N6O5. The van der Waals surface area contributed by atoms with Crippen LogP contribution < -0.4 is 5.32 Å². The standard InChI is InChI=1S/C28H28N6O5/c1-28(2)21-22(28)26(36)33(25(21)35)11-15-7-20-23(30-14-31-34(20)12-15)19-9-17(27(37)38)8-16-3-5-32(24(16)19)13-18-10-29-4-6-39-18/h3,5,7-9,12,14,18,21-22,29H,4,6,10-11,13H2,1-2H3,(H,37,38). The smallest absolute Gasteiger partial charge is 0.335 e. The number of rotatable bonds is 6. The van der Waals surface area contributed by atoms with Gasteiger partial charge in [-0.15, -0.1) is 0 Å². The molecule has 0 radical (unpaired) electrons. The summed E-state index contributed by atoms with van der Waals surface area (Å²) in [7, 11) is 0. The number of carbonyl (C=O) groups excluding carboxylic acids is 2.